The lowest BCUT2D eigenvalue weighted by Crippen LogP contribution is -2.29. The third kappa shape index (κ3) is 4.04. The van der Waals surface area contributed by atoms with Crippen LogP contribution in [0.2, 0.25) is 5.02 Å². The van der Waals surface area contributed by atoms with Gasteiger partial charge in [0.05, 0.1) is 24.0 Å². The first-order valence-corrected chi connectivity index (χ1v) is 8.17. The molecule has 0 saturated heterocycles. The number of fused-ring (bicyclic) bond motifs is 1. The fraction of sp³-hybridized carbons (Fsp3) is 0.188. The van der Waals surface area contributed by atoms with E-state index in [0.717, 1.165) is 28.3 Å². The number of aromatic nitrogens is 2. The first-order chi connectivity index (χ1) is 11.1. The summed E-state index contributed by atoms with van der Waals surface area (Å²) in [7, 11) is 1.90. The summed E-state index contributed by atoms with van der Waals surface area (Å²) in [4.78, 5) is 14.2. The van der Waals surface area contributed by atoms with E-state index in [-0.39, 0.29) is 12.5 Å². The van der Waals surface area contributed by atoms with Gasteiger partial charge in [-0.1, -0.05) is 29.8 Å². The molecule has 0 atom stereocenters. The Hall–Kier alpha value is -2.02. The van der Waals surface area contributed by atoms with Gasteiger partial charge in [0.1, 0.15) is 11.0 Å². The van der Waals surface area contributed by atoms with Crippen LogP contribution in [0.3, 0.4) is 0 Å². The molecule has 1 amide bonds. The molecule has 0 aliphatic heterocycles. The van der Waals surface area contributed by atoms with E-state index in [4.69, 9.17) is 11.6 Å². The molecule has 2 aromatic carbocycles. The van der Waals surface area contributed by atoms with E-state index >= 15 is 0 Å². The summed E-state index contributed by atoms with van der Waals surface area (Å²) < 4.78 is 8.39. The molecular formula is C16H15ClN4OS. The first-order valence-electron chi connectivity index (χ1n) is 7.06. The summed E-state index contributed by atoms with van der Waals surface area (Å²) in [5, 5.41) is 3.61. The number of halogens is 1. The minimum absolute atomic E-state index is 0.0815. The summed E-state index contributed by atoms with van der Waals surface area (Å²) >= 11 is 7.01. The van der Waals surface area contributed by atoms with Gasteiger partial charge in [-0.25, -0.2) is 0 Å². The summed E-state index contributed by atoms with van der Waals surface area (Å²) in [6.07, 6.45) is 0. The quantitative estimate of drug-likeness (QED) is 0.769. The van der Waals surface area contributed by atoms with Gasteiger partial charge in [0.2, 0.25) is 5.91 Å². The number of carbonyl (C=O) groups is 1. The van der Waals surface area contributed by atoms with E-state index in [2.05, 4.69) is 14.1 Å². The van der Waals surface area contributed by atoms with Gasteiger partial charge in [0.15, 0.2) is 0 Å². The Morgan fingerprint density at radius 3 is 2.78 bits per heavy atom. The van der Waals surface area contributed by atoms with Gasteiger partial charge in [-0.05, 0) is 36.9 Å². The molecule has 0 bridgehead atoms. The molecular weight excluding hydrogens is 332 g/mol. The molecule has 0 saturated carbocycles. The van der Waals surface area contributed by atoms with Crippen LogP contribution in [0.5, 0.6) is 0 Å². The third-order valence-corrected chi connectivity index (χ3v) is 4.13. The second-order valence-corrected chi connectivity index (χ2v) is 6.25. The van der Waals surface area contributed by atoms with Crippen molar-refractivity contribution in [2.45, 2.75) is 6.54 Å². The molecule has 3 aromatic rings. The minimum atomic E-state index is -0.0815. The molecule has 1 heterocycles. The zero-order valence-corrected chi connectivity index (χ0v) is 14.1. The molecule has 23 heavy (non-hydrogen) atoms. The van der Waals surface area contributed by atoms with Gasteiger partial charge in [-0.3, -0.25) is 9.69 Å². The van der Waals surface area contributed by atoms with Gasteiger partial charge in [-0.15, -0.1) is 0 Å². The predicted molar refractivity (Wildman–Crippen MR) is 93.8 cm³/mol. The van der Waals surface area contributed by atoms with E-state index < -0.39 is 0 Å². The van der Waals surface area contributed by atoms with Crippen molar-refractivity contribution < 1.29 is 4.79 Å². The number of nitrogens with one attached hydrogen (secondary N) is 1. The number of anilines is 1. The third-order valence-electron chi connectivity index (χ3n) is 3.34. The Morgan fingerprint density at radius 2 is 2.00 bits per heavy atom. The molecule has 0 aliphatic carbocycles. The zero-order chi connectivity index (χ0) is 16.2. The van der Waals surface area contributed by atoms with Crippen LogP contribution in [0.1, 0.15) is 5.56 Å². The van der Waals surface area contributed by atoms with Crippen molar-refractivity contribution >= 4 is 46.0 Å². The van der Waals surface area contributed by atoms with Crippen LogP contribution in [0.25, 0.3) is 11.0 Å². The van der Waals surface area contributed by atoms with E-state index in [0.29, 0.717) is 17.3 Å². The highest BCUT2D eigenvalue weighted by Crippen LogP contribution is 2.21. The van der Waals surface area contributed by atoms with Gasteiger partial charge in [-0.2, -0.15) is 8.75 Å². The molecule has 7 heteroatoms. The minimum Gasteiger partial charge on any atom is -0.323 e. The van der Waals surface area contributed by atoms with Crippen LogP contribution in [-0.2, 0) is 11.3 Å². The van der Waals surface area contributed by atoms with Crippen LogP contribution in [0, 0.1) is 0 Å². The summed E-state index contributed by atoms with van der Waals surface area (Å²) in [6, 6.07) is 13.2. The van der Waals surface area contributed by atoms with E-state index in [9.17, 15) is 4.79 Å². The molecule has 1 N–H and O–H groups in total. The monoisotopic (exact) mass is 346 g/mol. The molecule has 0 unspecified atom stereocenters. The topological polar surface area (TPSA) is 58.1 Å². The lowest BCUT2D eigenvalue weighted by molar-refractivity contribution is -0.117. The number of carbonyl (C=O) groups excluding carboxylic acids is 1. The highest BCUT2D eigenvalue weighted by Gasteiger charge is 2.11. The van der Waals surface area contributed by atoms with Crippen LogP contribution < -0.4 is 5.32 Å². The van der Waals surface area contributed by atoms with Crippen molar-refractivity contribution in [2.75, 3.05) is 18.9 Å². The summed E-state index contributed by atoms with van der Waals surface area (Å²) in [5.41, 5.74) is 3.32. The van der Waals surface area contributed by atoms with Crippen molar-refractivity contribution in [1.29, 1.82) is 0 Å². The lowest BCUT2D eigenvalue weighted by Gasteiger charge is -2.16. The first kappa shape index (κ1) is 15.9. The van der Waals surface area contributed by atoms with Gasteiger partial charge >= 0.3 is 0 Å². The Kier molecular flexibility index (Phi) is 4.85. The molecule has 5 nitrogen and oxygen atoms in total. The number of rotatable bonds is 5. The maximum absolute atomic E-state index is 12.2. The molecule has 1 aromatic heterocycles. The maximum Gasteiger partial charge on any atom is 0.238 e. The number of nitrogens with zero attached hydrogens (tertiary/aromatic N) is 3. The van der Waals surface area contributed by atoms with E-state index in [1.165, 1.54) is 0 Å². The largest absolute Gasteiger partial charge is 0.323 e. The van der Waals surface area contributed by atoms with Crippen molar-refractivity contribution in [1.82, 2.24) is 13.6 Å². The van der Waals surface area contributed by atoms with E-state index in [1.807, 2.05) is 54.4 Å². The van der Waals surface area contributed by atoms with Crippen molar-refractivity contribution in [3.8, 4) is 0 Å². The molecule has 0 fully saturated rings. The van der Waals surface area contributed by atoms with Crippen molar-refractivity contribution in [3.63, 3.8) is 0 Å². The SMILES string of the molecule is CN(CC(=O)Nc1cccc2nsnc12)Cc1ccc(Cl)cc1. The van der Waals surface area contributed by atoms with Gasteiger partial charge in [0.25, 0.3) is 0 Å². The highest BCUT2D eigenvalue weighted by atomic mass is 35.5. The van der Waals surface area contributed by atoms with Gasteiger partial charge < -0.3 is 5.32 Å². The zero-order valence-electron chi connectivity index (χ0n) is 12.5. The van der Waals surface area contributed by atoms with E-state index in [1.54, 1.807) is 0 Å². The normalized spacial score (nSPS) is 11.1. The fourth-order valence-electron chi connectivity index (χ4n) is 2.30. The van der Waals surface area contributed by atoms with Crippen LogP contribution >= 0.6 is 23.3 Å². The highest BCUT2D eigenvalue weighted by molar-refractivity contribution is 7.00. The number of benzene rings is 2. The molecule has 118 valence electrons. The maximum atomic E-state index is 12.2. The average Bonchev–Trinajstić information content (AvgIpc) is 2.99. The predicted octanol–water partition coefficient (Wildman–Crippen LogP) is 3.42. The molecule has 0 spiro atoms. The second kappa shape index (κ2) is 7.04. The van der Waals surface area contributed by atoms with Gasteiger partial charge in [0, 0.05) is 11.6 Å². The Bertz CT molecular complexity index is 818. The Morgan fingerprint density at radius 1 is 1.22 bits per heavy atom. The fourth-order valence-corrected chi connectivity index (χ4v) is 2.97. The number of hydrogen-bond acceptors (Lipinski definition) is 5. The molecule has 0 aliphatic rings. The number of amides is 1. The summed E-state index contributed by atoms with van der Waals surface area (Å²) in [5.74, 6) is -0.0815. The summed E-state index contributed by atoms with van der Waals surface area (Å²) in [6.45, 7) is 0.962. The number of hydrogen-bond donors (Lipinski definition) is 1. The van der Waals surface area contributed by atoms with Crippen molar-refractivity contribution in [3.05, 3.63) is 53.1 Å². The number of likely N-dealkylation sites (N-methyl/N-ethyl adjacent to an activating group) is 1. The van der Waals surface area contributed by atoms with Crippen LogP contribution in [-0.4, -0.2) is 33.1 Å². The van der Waals surface area contributed by atoms with Crippen LogP contribution in [0.4, 0.5) is 5.69 Å². The molecule has 3 rings (SSSR count). The average molecular weight is 347 g/mol. The Balaban J connectivity index is 1.60. The second-order valence-electron chi connectivity index (χ2n) is 5.28. The van der Waals surface area contributed by atoms with Crippen molar-refractivity contribution in [2.24, 2.45) is 0 Å². The standard InChI is InChI=1S/C16H15ClN4OS/c1-21(9-11-5-7-12(17)8-6-11)10-15(22)18-13-3-2-4-14-16(13)20-23-19-14/h2-8H,9-10H2,1H3,(H,18,22). The lowest BCUT2D eigenvalue weighted by atomic mass is 10.2. The molecule has 0 radical (unpaired) electrons. The Labute approximate surface area is 143 Å². The van der Waals surface area contributed by atoms with Crippen LogP contribution in [0.15, 0.2) is 42.5 Å². The smallest absolute Gasteiger partial charge is 0.238 e.